The third kappa shape index (κ3) is 4.36. The molecule has 1 aromatic carbocycles. The van der Waals surface area contributed by atoms with Crippen molar-refractivity contribution >= 4 is 55.2 Å². The normalized spacial score (nSPS) is 35.8. The highest BCUT2D eigenvalue weighted by Gasteiger charge is 2.58. The topological polar surface area (TPSA) is 113 Å². The van der Waals surface area contributed by atoms with Crippen molar-refractivity contribution in [2.24, 2.45) is 34.8 Å². The molecule has 1 aromatic rings. The van der Waals surface area contributed by atoms with E-state index in [1.807, 2.05) is 6.92 Å². The lowest BCUT2D eigenvalue weighted by Gasteiger charge is -2.58. The average molecular weight is 592 g/mol. The molecule has 3 N–H and O–H groups in total. The number of benzene rings is 1. The summed E-state index contributed by atoms with van der Waals surface area (Å²) < 4.78 is 44.0. The van der Waals surface area contributed by atoms with E-state index in [1.54, 1.807) is 0 Å². The van der Waals surface area contributed by atoms with E-state index in [2.05, 4.69) is 21.2 Å². The van der Waals surface area contributed by atoms with Crippen LogP contribution in [0.2, 0.25) is 5.02 Å². The highest BCUT2D eigenvalue weighted by molar-refractivity contribution is 9.10. The Balaban J connectivity index is 1.32. The van der Waals surface area contributed by atoms with Gasteiger partial charge in [-0.05, 0) is 83.8 Å². The smallest absolute Gasteiger partial charge is 0.304 e. The molecular weight excluding hydrogens is 563 g/mol. The van der Waals surface area contributed by atoms with Gasteiger partial charge in [-0.2, -0.15) is 12.7 Å². The quantitative estimate of drug-likeness (QED) is 0.548. The number of rotatable bonds is 5. The second-order valence-electron chi connectivity index (χ2n) is 10.9. The van der Waals surface area contributed by atoms with Gasteiger partial charge in [-0.3, -0.25) is 13.9 Å². The van der Waals surface area contributed by atoms with E-state index in [4.69, 9.17) is 17.3 Å². The Morgan fingerprint density at radius 2 is 1.89 bits per heavy atom. The Morgan fingerprint density at radius 1 is 1.23 bits per heavy atom. The number of anilines is 1. The molecule has 1 aliphatic heterocycles. The summed E-state index contributed by atoms with van der Waals surface area (Å²) in [6.45, 7) is 1.75. The molecule has 8 nitrogen and oxygen atoms in total. The van der Waals surface area contributed by atoms with Crippen LogP contribution in [0, 0.1) is 34.9 Å². The van der Waals surface area contributed by atoms with Crippen molar-refractivity contribution in [2.45, 2.75) is 45.1 Å². The maximum atomic E-state index is 14.8. The molecule has 1 saturated heterocycles. The highest BCUT2D eigenvalue weighted by Crippen LogP contribution is 2.59. The van der Waals surface area contributed by atoms with Crippen LogP contribution in [0.4, 0.5) is 10.1 Å². The van der Waals surface area contributed by atoms with Gasteiger partial charge in [-0.1, -0.05) is 18.5 Å². The number of amides is 2. The van der Waals surface area contributed by atoms with Crippen LogP contribution in [0.25, 0.3) is 0 Å². The van der Waals surface area contributed by atoms with Gasteiger partial charge in [0, 0.05) is 34.0 Å². The van der Waals surface area contributed by atoms with Crippen molar-refractivity contribution in [3.8, 4) is 0 Å². The largest absolute Gasteiger partial charge is 0.369 e. The van der Waals surface area contributed by atoms with E-state index in [9.17, 15) is 22.4 Å². The van der Waals surface area contributed by atoms with Crippen molar-refractivity contribution in [2.75, 3.05) is 23.9 Å². The lowest BCUT2D eigenvalue weighted by atomic mass is 9.47. The summed E-state index contributed by atoms with van der Waals surface area (Å²) in [7, 11) is -4.15. The number of carbonyl (C=O) groups excluding carboxylic acids is 2. The first-order valence-corrected chi connectivity index (χ1v) is 14.5. The summed E-state index contributed by atoms with van der Waals surface area (Å²) in [5, 5.41) is 3.23. The maximum absolute atomic E-state index is 14.8. The zero-order valence-electron chi connectivity index (χ0n) is 19.3. The van der Waals surface area contributed by atoms with Crippen molar-refractivity contribution < 1.29 is 22.4 Å². The first kappa shape index (κ1) is 25.2. The Kier molecular flexibility index (Phi) is 6.38. The number of hydrogen-bond donors (Lipinski definition) is 2. The van der Waals surface area contributed by atoms with Crippen molar-refractivity contribution in [1.82, 2.24) is 9.62 Å². The Morgan fingerprint density at radius 3 is 2.49 bits per heavy atom. The zero-order valence-corrected chi connectivity index (χ0v) is 22.5. The predicted molar refractivity (Wildman–Crippen MR) is 133 cm³/mol. The summed E-state index contributed by atoms with van der Waals surface area (Å²) in [6.07, 6.45) is 4.10. The SMILES string of the molecule is CC1CN(CC(=O)NC2C3CC4CC2CC(C(N)=O)(C4)C3)S(=O)(=O)N(c2c(F)cc(Cl)cc2Br)C1. The van der Waals surface area contributed by atoms with Gasteiger partial charge in [0.15, 0.2) is 0 Å². The van der Waals surface area contributed by atoms with Crippen LogP contribution < -0.4 is 15.4 Å². The molecule has 192 valence electrons. The highest BCUT2D eigenvalue weighted by atomic mass is 79.9. The first-order chi connectivity index (χ1) is 16.4. The standard InChI is InChI=1S/C23H29BrClFN4O4S/c1-12-9-29(35(33,34)30(10-12)21-17(24)4-16(25)5-18(21)26)11-19(31)28-20-14-2-13-3-15(20)8-23(6-13,7-14)22(27)32/h4-5,12-15,20H,2-3,6-11H2,1H3,(H2,27,32)(H,28,31). The number of nitrogens with two attached hydrogens (primary N) is 1. The second-order valence-corrected chi connectivity index (χ2v) is 14.0. The van der Waals surface area contributed by atoms with Crippen molar-refractivity contribution in [1.29, 1.82) is 0 Å². The molecule has 0 radical (unpaired) electrons. The minimum Gasteiger partial charge on any atom is -0.369 e. The van der Waals surface area contributed by atoms with Crippen LogP contribution >= 0.6 is 27.5 Å². The second kappa shape index (κ2) is 8.85. The summed E-state index contributed by atoms with van der Waals surface area (Å²) in [5.74, 6) is -0.721. The van der Waals surface area contributed by atoms with E-state index in [-0.39, 0.29) is 70.4 Å². The number of carbonyl (C=O) groups is 2. The number of halogens is 3. The summed E-state index contributed by atoms with van der Waals surface area (Å²) in [5.41, 5.74) is 5.17. The Labute approximate surface area is 218 Å². The van der Waals surface area contributed by atoms with Gasteiger partial charge in [-0.25, -0.2) is 4.39 Å². The molecule has 1 heterocycles. The first-order valence-electron chi connectivity index (χ1n) is 11.9. The fraction of sp³-hybridized carbons (Fsp3) is 0.652. The van der Waals surface area contributed by atoms with Crippen LogP contribution in [0.15, 0.2) is 16.6 Å². The number of hydrogen-bond acceptors (Lipinski definition) is 4. The van der Waals surface area contributed by atoms with Crippen molar-refractivity contribution in [3.05, 3.63) is 27.4 Å². The van der Waals surface area contributed by atoms with E-state index in [1.165, 1.54) is 6.07 Å². The summed E-state index contributed by atoms with van der Waals surface area (Å²) in [4.78, 5) is 25.3. The van der Waals surface area contributed by atoms with Crippen LogP contribution in [0.3, 0.4) is 0 Å². The molecule has 6 rings (SSSR count). The lowest BCUT2D eigenvalue weighted by molar-refractivity contribution is -0.147. The fourth-order valence-corrected chi connectivity index (χ4v) is 10.1. The summed E-state index contributed by atoms with van der Waals surface area (Å²) in [6, 6.07) is 2.42. The molecule has 4 saturated carbocycles. The van der Waals surface area contributed by atoms with Gasteiger partial charge in [-0.15, -0.1) is 0 Å². The van der Waals surface area contributed by atoms with Crippen molar-refractivity contribution in [3.63, 3.8) is 0 Å². The Hall–Kier alpha value is -1.43. The number of nitrogens with zero attached hydrogens (tertiary/aromatic N) is 2. The maximum Gasteiger partial charge on any atom is 0.304 e. The van der Waals surface area contributed by atoms with Crippen LogP contribution in [-0.4, -0.2) is 50.2 Å². The van der Waals surface area contributed by atoms with Gasteiger partial charge in [0.1, 0.15) is 11.5 Å². The van der Waals surface area contributed by atoms with Gasteiger partial charge in [0.05, 0.1) is 6.54 Å². The molecule has 5 aliphatic rings. The van der Waals surface area contributed by atoms with Gasteiger partial charge in [0.2, 0.25) is 11.8 Å². The van der Waals surface area contributed by atoms with Gasteiger partial charge in [0.25, 0.3) is 0 Å². The predicted octanol–water partition coefficient (Wildman–Crippen LogP) is 3.04. The fourth-order valence-electron chi connectivity index (χ4n) is 7.10. The molecule has 2 amide bonds. The summed E-state index contributed by atoms with van der Waals surface area (Å²) >= 11 is 9.13. The van der Waals surface area contributed by atoms with E-state index >= 15 is 0 Å². The molecule has 0 aromatic heterocycles. The number of primary amides is 1. The molecule has 4 aliphatic carbocycles. The Bertz CT molecular complexity index is 1150. The third-order valence-electron chi connectivity index (χ3n) is 8.27. The van der Waals surface area contributed by atoms with Crippen LogP contribution in [0.1, 0.15) is 39.0 Å². The molecule has 12 heteroatoms. The minimum atomic E-state index is -4.15. The van der Waals surface area contributed by atoms with Gasteiger partial charge >= 0.3 is 10.2 Å². The van der Waals surface area contributed by atoms with E-state index < -0.39 is 21.4 Å². The zero-order chi connectivity index (χ0) is 25.3. The lowest BCUT2D eigenvalue weighted by Crippen LogP contribution is -2.63. The molecular formula is C23H29BrClFN4O4S. The molecule has 5 fully saturated rings. The molecule has 3 atom stereocenters. The van der Waals surface area contributed by atoms with E-state index in [0.717, 1.165) is 33.9 Å². The van der Waals surface area contributed by atoms with Crippen LogP contribution in [0.5, 0.6) is 0 Å². The monoisotopic (exact) mass is 590 g/mol. The number of nitrogens with one attached hydrogen (secondary N) is 1. The molecule has 4 bridgehead atoms. The average Bonchev–Trinajstić information content (AvgIpc) is 2.73. The van der Waals surface area contributed by atoms with Gasteiger partial charge < -0.3 is 11.1 Å². The van der Waals surface area contributed by atoms with Crippen LogP contribution in [-0.2, 0) is 19.8 Å². The third-order valence-corrected chi connectivity index (χ3v) is 10.9. The molecule has 3 unspecified atom stereocenters. The van der Waals surface area contributed by atoms with E-state index in [0.29, 0.717) is 18.8 Å². The molecule has 0 spiro atoms. The minimum absolute atomic E-state index is 0.0843. The molecule has 35 heavy (non-hydrogen) atoms.